The van der Waals surface area contributed by atoms with Crippen LogP contribution in [0.15, 0.2) is 54.9 Å². The number of fused-ring (bicyclic) bond motifs is 1. The van der Waals surface area contributed by atoms with Crippen molar-refractivity contribution in [3.63, 3.8) is 0 Å². The predicted molar refractivity (Wildman–Crippen MR) is 120 cm³/mol. The first-order valence-electron chi connectivity index (χ1n) is 10.7. The summed E-state index contributed by atoms with van der Waals surface area (Å²) in [6.07, 6.45) is 4.70. The van der Waals surface area contributed by atoms with Gasteiger partial charge in [0, 0.05) is 46.5 Å². The molecule has 0 radical (unpaired) electrons. The Morgan fingerprint density at radius 2 is 2.03 bits per heavy atom. The second-order valence-electron chi connectivity index (χ2n) is 8.21. The van der Waals surface area contributed by atoms with Crippen LogP contribution in [-0.4, -0.2) is 64.1 Å². The van der Waals surface area contributed by atoms with Gasteiger partial charge in [0.15, 0.2) is 0 Å². The van der Waals surface area contributed by atoms with E-state index >= 15 is 0 Å². The topological polar surface area (TPSA) is 70.5 Å². The van der Waals surface area contributed by atoms with Crippen LogP contribution in [0, 0.1) is 0 Å². The summed E-state index contributed by atoms with van der Waals surface area (Å²) in [5.74, 6) is -0.0886. The Morgan fingerprint density at radius 3 is 2.84 bits per heavy atom. The molecule has 162 valence electrons. The number of carbonyl (C=O) groups is 2. The van der Waals surface area contributed by atoms with Crippen molar-refractivity contribution in [1.82, 2.24) is 24.9 Å². The Labute approximate surface area is 182 Å². The molecule has 0 saturated carbocycles. The van der Waals surface area contributed by atoms with Gasteiger partial charge in [0.25, 0.3) is 0 Å². The molecule has 2 aromatic carbocycles. The zero-order valence-corrected chi connectivity index (χ0v) is 18.1. The van der Waals surface area contributed by atoms with Gasteiger partial charge in [-0.25, -0.2) is 0 Å². The highest BCUT2D eigenvalue weighted by atomic mass is 16.2. The monoisotopic (exact) mass is 419 g/mol. The van der Waals surface area contributed by atoms with Gasteiger partial charge in [0.05, 0.1) is 18.7 Å². The van der Waals surface area contributed by atoms with Crippen molar-refractivity contribution in [3.05, 3.63) is 66.0 Å². The number of amides is 2. The zero-order valence-electron chi connectivity index (χ0n) is 18.1. The summed E-state index contributed by atoms with van der Waals surface area (Å²) in [6, 6.07) is 14.1. The van der Waals surface area contributed by atoms with Crippen LogP contribution < -0.4 is 5.32 Å². The highest BCUT2D eigenvalue weighted by Crippen LogP contribution is 2.22. The van der Waals surface area contributed by atoms with Crippen molar-refractivity contribution in [1.29, 1.82) is 0 Å². The maximum absolute atomic E-state index is 12.9. The summed E-state index contributed by atoms with van der Waals surface area (Å²) in [6.45, 7) is 2.58. The van der Waals surface area contributed by atoms with Crippen molar-refractivity contribution in [2.45, 2.75) is 25.4 Å². The van der Waals surface area contributed by atoms with Crippen LogP contribution in [0.3, 0.4) is 0 Å². The molecule has 1 N–H and O–H groups in total. The van der Waals surface area contributed by atoms with E-state index in [9.17, 15) is 9.59 Å². The lowest BCUT2D eigenvalue weighted by Crippen LogP contribution is -2.56. The Morgan fingerprint density at radius 1 is 1.23 bits per heavy atom. The zero-order chi connectivity index (χ0) is 21.8. The van der Waals surface area contributed by atoms with E-state index in [-0.39, 0.29) is 18.2 Å². The van der Waals surface area contributed by atoms with E-state index in [0.717, 1.165) is 18.5 Å². The molecule has 1 fully saturated rings. The molecule has 3 aromatic rings. The molecule has 4 rings (SSSR count). The summed E-state index contributed by atoms with van der Waals surface area (Å²) < 4.78 is 1.76. The maximum atomic E-state index is 12.9. The molecule has 7 nitrogen and oxygen atoms in total. The van der Waals surface area contributed by atoms with Crippen molar-refractivity contribution in [3.8, 4) is 0 Å². The summed E-state index contributed by atoms with van der Waals surface area (Å²) in [5.41, 5.74) is 2.27. The third-order valence-corrected chi connectivity index (χ3v) is 5.98. The molecule has 1 aliphatic heterocycles. The maximum Gasteiger partial charge on any atom is 0.237 e. The van der Waals surface area contributed by atoms with Crippen molar-refractivity contribution < 1.29 is 9.59 Å². The lowest BCUT2D eigenvalue weighted by molar-refractivity contribution is -0.138. The van der Waals surface area contributed by atoms with Crippen molar-refractivity contribution >= 4 is 22.6 Å². The van der Waals surface area contributed by atoms with Crippen LogP contribution >= 0.6 is 0 Å². The SMILES string of the molecule is CN(CCc1cnn(C)c1)C(=O)C[C@@H]1C(=O)NCCN1Cc1cccc2ccccc12. The van der Waals surface area contributed by atoms with Crippen LogP contribution in [0.5, 0.6) is 0 Å². The molecule has 31 heavy (non-hydrogen) atoms. The van der Waals surface area contributed by atoms with Crippen molar-refractivity contribution in [2.75, 3.05) is 26.7 Å². The number of nitrogens with zero attached hydrogens (tertiary/aromatic N) is 4. The van der Waals surface area contributed by atoms with E-state index in [1.807, 2.05) is 37.6 Å². The molecule has 2 heterocycles. The standard InChI is InChI=1S/C24H29N5O2/c1-27(12-10-18-15-26-28(2)16-18)23(30)14-22-24(31)25-11-13-29(22)17-20-8-5-7-19-6-3-4-9-21(19)20/h3-9,15-16,22H,10-14,17H2,1-2H3,(H,25,31)/t22-/m1/s1. The Hall–Kier alpha value is -3.19. The number of aromatic nitrogens is 2. The van der Waals surface area contributed by atoms with E-state index in [4.69, 9.17) is 0 Å². The van der Waals surface area contributed by atoms with Gasteiger partial charge < -0.3 is 10.2 Å². The molecule has 1 aliphatic rings. The van der Waals surface area contributed by atoms with Gasteiger partial charge in [-0.05, 0) is 28.3 Å². The first kappa shape index (κ1) is 21.1. The molecule has 1 aromatic heterocycles. The predicted octanol–water partition coefficient (Wildman–Crippen LogP) is 1.96. The summed E-state index contributed by atoms with van der Waals surface area (Å²) >= 11 is 0. The molecule has 1 atom stereocenters. The second kappa shape index (κ2) is 9.31. The van der Waals surface area contributed by atoms with Crippen LogP contribution in [0.25, 0.3) is 10.8 Å². The minimum absolute atomic E-state index is 0.0196. The van der Waals surface area contributed by atoms with E-state index in [0.29, 0.717) is 19.6 Å². The van der Waals surface area contributed by atoms with E-state index < -0.39 is 6.04 Å². The average molecular weight is 420 g/mol. The van der Waals surface area contributed by atoms with Crippen LogP contribution in [0.4, 0.5) is 0 Å². The third-order valence-electron chi connectivity index (χ3n) is 5.98. The molecular formula is C24H29N5O2. The van der Waals surface area contributed by atoms with Gasteiger partial charge in [0.1, 0.15) is 0 Å². The molecule has 0 unspecified atom stereocenters. The smallest absolute Gasteiger partial charge is 0.237 e. The van der Waals surface area contributed by atoms with E-state index in [1.54, 1.807) is 16.6 Å². The quantitative estimate of drug-likeness (QED) is 0.636. The fourth-order valence-corrected chi connectivity index (χ4v) is 4.17. The number of piperazine rings is 1. The van der Waals surface area contributed by atoms with E-state index in [1.165, 1.54) is 16.3 Å². The first-order valence-corrected chi connectivity index (χ1v) is 10.7. The second-order valence-corrected chi connectivity index (χ2v) is 8.21. The number of hydrogen-bond donors (Lipinski definition) is 1. The normalized spacial score (nSPS) is 17.0. The summed E-state index contributed by atoms with van der Waals surface area (Å²) in [5, 5.41) is 9.47. The van der Waals surface area contributed by atoms with Gasteiger partial charge in [0.2, 0.25) is 11.8 Å². The van der Waals surface area contributed by atoms with Crippen LogP contribution in [0.2, 0.25) is 0 Å². The molecule has 0 aliphatic carbocycles. The molecule has 0 spiro atoms. The number of aryl methyl sites for hydroxylation is 1. The number of hydrogen-bond acceptors (Lipinski definition) is 4. The minimum atomic E-state index is -0.457. The van der Waals surface area contributed by atoms with Crippen molar-refractivity contribution in [2.24, 2.45) is 7.05 Å². The van der Waals surface area contributed by atoms with Crippen LogP contribution in [0.1, 0.15) is 17.5 Å². The lowest BCUT2D eigenvalue weighted by atomic mass is 10.0. The molecule has 0 bridgehead atoms. The Kier molecular flexibility index (Phi) is 6.32. The van der Waals surface area contributed by atoms with Gasteiger partial charge in [-0.2, -0.15) is 5.10 Å². The number of rotatable bonds is 7. The van der Waals surface area contributed by atoms with E-state index in [2.05, 4.69) is 39.6 Å². The van der Waals surface area contributed by atoms with Gasteiger partial charge >= 0.3 is 0 Å². The number of likely N-dealkylation sites (N-methyl/N-ethyl adjacent to an activating group) is 1. The first-order chi connectivity index (χ1) is 15.0. The van der Waals surface area contributed by atoms with Gasteiger partial charge in [-0.1, -0.05) is 42.5 Å². The average Bonchev–Trinajstić information content (AvgIpc) is 3.19. The summed E-state index contributed by atoms with van der Waals surface area (Å²) in [4.78, 5) is 29.4. The van der Waals surface area contributed by atoms with Gasteiger partial charge in [-0.3, -0.25) is 19.2 Å². The largest absolute Gasteiger partial charge is 0.353 e. The van der Waals surface area contributed by atoms with Crippen LogP contribution in [-0.2, 0) is 29.6 Å². The number of carbonyl (C=O) groups excluding carboxylic acids is 2. The highest BCUT2D eigenvalue weighted by molar-refractivity contribution is 5.89. The highest BCUT2D eigenvalue weighted by Gasteiger charge is 2.32. The molecule has 2 amide bonds. The fourth-order valence-electron chi connectivity index (χ4n) is 4.17. The fraction of sp³-hybridized carbons (Fsp3) is 0.375. The minimum Gasteiger partial charge on any atom is -0.353 e. The summed E-state index contributed by atoms with van der Waals surface area (Å²) in [7, 11) is 3.68. The third kappa shape index (κ3) is 4.94. The lowest BCUT2D eigenvalue weighted by Gasteiger charge is -2.35. The molecule has 1 saturated heterocycles. The molecular weight excluding hydrogens is 390 g/mol. The number of nitrogens with one attached hydrogen (secondary N) is 1. The molecule has 7 heteroatoms. The van der Waals surface area contributed by atoms with Gasteiger partial charge in [-0.15, -0.1) is 0 Å². The Balaban J connectivity index is 1.43. The Bertz CT molecular complexity index is 1070. The number of benzene rings is 2.